The zero-order valence-electron chi connectivity index (χ0n) is 23.0. The van der Waals surface area contributed by atoms with Crippen LogP contribution in [-0.4, -0.2) is 51.1 Å². The molecule has 13 heteroatoms. The van der Waals surface area contributed by atoms with Crippen LogP contribution >= 0.6 is 0 Å². The summed E-state index contributed by atoms with van der Waals surface area (Å²) in [4.78, 5) is 21.3. The number of benzene rings is 2. The molecule has 0 radical (unpaired) electrons. The monoisotopic (exact) mass is 593 g/mol. The Labute approximate surface area is 245 Å². The van der Waals surface area contributed by atoms with Crippen LogP contribution in [0.15, 0.2) is 85.6 Å². The van der Waals surface area contributed by atoms with Gasteiger partial charge < -0.3 is 35.0 Å². The molecule has 224 valence electrons. The van der Waals surface area contributed by atoms with Crippen LogP contribution in [0.3, 0.4) is 0 Å². The fourth-order valence-electron chi connectivity index (χ4n) is 4.12. The van der Waals surface area contributed by atoms with E-state index in [4.69, 9.17) is 19.6 Å². The van der Waals surface area contributed by atoms with E-state index in [1.54, 1.807) is 18.6 Å². The molecular weight excluding hydrogens is 563 g/mol. The molecule has 2 aromatic carbocycles. The third-order valence-corrected chi connectivity index (χ3v) is 6.18. The van der Waals surface area contributed by atoms with Crippen molar-refractivity contribution in [1.29, 1.82) is 0 Å². The number of hydrogen-bond donors (Lipinski definition) is 4. The van der Waals surface area contributed by atoms with Gasteiger partial charge in [0, 0.05) is 61.8 Å². The van der Waals surface area contributed by atoms with Gasteiger partial charge in [0.1, 0.15) is 12.5 Å². The van der Waals surface area contributed by atoms with Crippen molar-refractivity contribution < 1.29 is 27.8 Å². The number of anilines is 3. The van der Waals surface area contributed by atoms with Crippen LogP contribution in [0.2, 0.25) is 0 Å². The molecule has 0 aliphatic heterocycles. The number of halogens is 3. The molecular formula is C30H30F3N7O3. The molecule has 0 saturated carbocycles. The molecule has 0 spiro atoms. The number of rotatable bonds is 12. The van der Waals surface area contributed by atoms with Gasteiger partial charge in [-0.2, -0.15) is 13.2 Å². The predicted octanol–water partition coefficient (Wildman–Crippen LogP) is 5.48. The smallest absolute Gasteiger partial charge is 0.416 e. The number of fused-ring (bicyclic) bond motifs is 1. The first-order valence-electron chi connectivity index (χ1n) is 13.2. The lowest BCUT2D eigenvalue weighted by Gasteiger charge is -2.17. The number of aliphatic hydroxyl groups excluding tert-OH is 1. The van der Waals surface area contributed by atoms with Gasteiger partial charge in [0.15, 0.2) is 11.5 Å². The maximum Gasteiger partial charge on any atom is 0.416 e. The number of carbonyl (C=O) groups is 1. The van der Waals surface area contributed by atoms with Gasteiger partial charge in [-0.15, -0.1) is 0 Å². The Hall–Kier alpha value is -5.17. The highest BCUT2D eigenvalue weighted by molar-refractivity contribution is 5.71. The topological polar surface area (TPSA) is 126 Å². The van der Waals surface area contributed by atoms with E-state index in [-0.39, 0.29) is 31.3 Å². The van der Waals surface area contributed by atoms with E-state index in [9.17, 15) is 13.2 Å². The highest BCUT2D eigenvalue weighted by atomic mass is 19.4. The van der Waals surface area contributed by atoms with E-state index in [2.05, 4.69) is 25.9 Å². The summed E-state index contributed by atoms with van der Waals surface area (Å²) in [6, 6.07) is 14.7. The third-order valence-electron chi connectivity index (χ3n) is 6.18. The summed E-state index contributed by atoms with van der Waals surface area (Å²) in [6.07, 6.45) is 4.78. The minimum Gasteiger partial charge on any atom is -0.491 e. The molecule has 0 aliphatic rings. The molecule has 10 nitrogen and oxygen atoms in total. The number of aromatic nitrogens is 4. The quantitative estimate of drug-likeness (QED) is 0.110. The van der Waals surface area contributed by atoms with Gasteiger partial charge in [-0.3, -0.25) is 4.98 Å². The van der Waals surface area contributed by atoms with Crippen molar-refractivity contribution in [3.8, 4) is 17.0 Å². The first-order chi connectivity index (χ1) is 20.9. The second kappa shape index (κ2) is 14.6. The first kappa shape index (κ1) is 30.8. The summed E-state index contributed by atoms with van der Waals surface area (Å²) in [5, 5.41) is 18.5. The van der Waals surface area contributed by atoms with Crippen molar-refractivity contribution in [3.63, 3.8) is 0 Å². The number of nitrogens with one attached hydrogen (secondary N) is 3. The van der Waals surface area contributed by atoms with Crippen molar-refractivity contribution in [1.82, 2.24) is 19.4 Å². The second-order valence-electron chi connectivity index (χ2n) is 9.09. The Bertz CT molecular complexity index is 1610. The maximum absolute atomic E-state index is 13.3. The molecule has 5 rings (SSSR count). The van der Waals surface area contributed by atoms with Gasteiger partial charge in [0.25, 0.3) is 0 Å². The number of carbonyl (C=O) groups excluding carboxylic acids is 1. The molecule has 0 bridgehead atoms. The average molecular weight is 594 g/mol. The van der Waals surface area contributed by atoms with Gasteiger partial charge >= 0.3 is 6.18 Å². The average Bonchev–Trinajstić information content (AvgIpc) is 3.51. The number of hydrogen-bond acceptors (Lipinski definition) is 9. The molecule has 43 heavy (non-hydrogen) atoms. The van der Waals surface area contributed by atoms with Crippen molar-refractivity contribution >= 4 is 29.6 Å². The fourth-order valence-corrected chi connectivity index (χ4v) is 4.12. The molecule has 3 heterocycles. The number of aliphatic hydroxyl groups is 1. The van der Waals surface area contributed by atoms with E-state index >= 15 is 0 Å². The summed E-state index contributed by atoms with van der Waals surface area (Å²) in [7, 11) is 0. The molecule has 0 fully saturated rings. The zero-order valence-corrected chi connectivity index (χ0v) is 23.0. The molecule has 0 aliphatic carbocycles. The lowest BCUT2D eigenvalue weighted by Crippen LogP contribution is -2.14. The predicted molar refractivity (Wildman–Crippen MR) is 158 cm³/mol. The summed E-state index contributed by atoms with van der Waals surface area (Å²) >= 11 is 0. The van der Waals surface area contributed by atoms with Gasteiger partial charge in [-0.05, 0) is 48.0 Å². The molecule has 0 unspecified atom stereocenters. The van der Waals surface area contributed by atoms with Crippen molar-refractivity contribution in [2.75, 3.05) is 35.8 Å². The minimum atomic E-state index is -4.49. The Balaban J connectivity index is 0.00000207. The summed E-state index contributed by atoms with van der Waals surface area (Å²) in [6.45, 7) is 2.79. The fraction of sp³-hybridized carbons (Fsp3) is 0.200. The molecule has 4 N–H and O–H groups in total. The SMILES string of the molecule is C=O.OCCCOc1ccc(C(F)(F)F)cc1NCNc1cccc(-c2cn3ccnc3c(NCc3ccncc3)n2)c1. The lowest BCUT2D eigenvalue weighted by atomic mass is 10.1. The third kappa shape index (κ3) is 8.20. The van der Waals surface area contributed by atoms with Gasteiger partial charge in [0.2, 0.25) is 0 Å². The van der Waals surface area contributed by atoms with E-state index < -0.39 is 11.7 Å². The number of nitrogens with zero attached hydrogens (tertiary/aromatic N) is 4. The van der Waals surface area contributed by atoms with Crippen LogP contribution < -0.4 is 20.7 Å². The largest absolute Gasteiger partial charge is 0.491 e. The maximum atomic E-state index is 13.3. The van der Waals surface area contributed by atoms with Crippen molar-refractivity contribution in [2.45, 2.75) is 19.1 Å². The summed E-state index contributed by atoms with van der Waals surface area (Å²) < 4.78 is 47.4. The standard InChI is InChI=1S/C29H28F3N7O2.CH2O/c30-29(31,32)22-5-6-26(41-14-2-13-40)24(16-22)37-19-36-23-4-1-3-21(15-23)25-18-39-12-11-34-28(39)27(38-25)35-17-20-7-9-33-10-8-20;1-2/h1,3-12,15-16,18,36-37,40H,2,13-14,17,19H2,(H,35,38);1H2. The van der Waals surface area contributed by atoms with Crippen molar-refractivity contribution in [3.05, 3.63) is 96.7 Å². The summed E-state index contributed by atoms with van der Waals surface area (Å²) in [5.41, 5.74) is 3.44. The van der Waals surface area contributed by atoms with Crippen LogP contribution in [0.4, 0.5) is 30.4 Å². The Kier molecular flexibility index (Phi) is 10.5. The Morgan fingerprint density at radius 2 is 1.79 bits per heavy atom. The van der Waals surface area contributed by atoms with Crippen LogP contribution in [0.1, 0.15) is 17.5 Å². The van der Waals surface area contributed by atoms with Crippen LogP contribution in [0, 0.1) is 0 Å². The van der Waals surface area contributed by atoms with Gasteiger partial charge in [0.05, 0.1) is 30.2 Å². The van der Waals surface area contributed by atoms with E-state index in [0.29, 0.717) is 30.1 Å². The number of imidazole rings is 1. The van der Waals surface area contributed by atoms with Gasteiger partial charge in [-0.25, -0.2) is 9.97 Å². The normalized spacial score (nSPS) is 11.0. The number of ether oxygens (including phenoxy) is 1. The van der Waals surface area contributed by atoms with Crippen LogP contribution in [-0.2, 0) is 17.5 Å². The molecule has 0 atom stereocenters. The van der Waals surface area contributed by atoms with Gasteiger partial charge in [-0.1, -0.05) is 12.1 Å². The molecule has 0 amide bonds. The van der Waals surface area contributed by atoms with E-state index in [1.165, 1.54) is 6.07 Å². The van der Waals surface area contributed by atoms with Crippen LogP contribution in [0.5, 0.6) is 5.75 Å². The lowest BCUT2D eigenvalue weighted by molar-refractivity contribution is -0.137. The Morgan fingerprint density at radius 3 is 2.56 bits per heavy atom. The van der Waals surface area contributed by atoms with E-state index in [0.717, 1.165) is 28.9 Å². The highest BCUT2D eigenvalue weighted by Gasteiger charge is 2.31. The summed E-state index contributed by atoms with van der Waals surface area (Å²) in [5.74, 6) is 0.897. The second-order valence-corrected chi connectivity index (χ2v) is 9.09. The minimum absolute atomic E-state index is 0.0772. The molecule has 5 aromatic rings. The zero-order chi connectivity index (χ0) is 30.7. The highest BCUT2D eigenvalue weighted by Crippen LogP contribution is 2.35. The molecule has 3 aromatic heterocycles. The number of pyridine rings is 1. The molecule has 0 saturated heterocycles. The van der Waals surface area contributed by atoms with E-state index in [1.807, 2.05) is 60.0 Å². The van der Waals surface area contributed by atoms with Crippen molar-refractivity contribution in [2.24, 2.45) is 0 Å². The first-order valence-corrected chi connectivity index (χ1v) is 13.2. The van der Waals surface area contributed by atoms with Crippen LogP contribution in [0.25, 0.3) is 16.9 Å². The Morgan fingerprint density at radius 1 is 0.977 bits per heavy atom. The number of alkyl halides is 3.